The van der Waals surface area contributed by atoms with Gasteiger partial charge >= 0.3 is 12.1 Å². The van der Waals surface area contributed by atoms with Crippen molar-refractivity contribution in [1.29, 1.82) is 0 Å². The molecule has 0 saturated carbocycles. The highest BCUT2D eigenvalue weighted by atomic mass is 16.6. The van der Waals surface area contributed by atoms with Gasteiger partial charge in [-0.2, -0.15) is 0 Å². The highest BCUT2D eigenvalue weighted by Crippen LogP contribution is 1.81. The standard InChI is InChI=1S/C4H6O2.CH2O3/c1-3(2)4(5)6;2-1(3)4/h1H2,2H3,(H,5,6);(H2,2,3,4). The molecule has 58 valence electrons. The minimum Gasteiger partial charge on any atom is -0.478 e. The van der Waals surface area contributed by atoms with Gasteiger partial charge in [0.05, 0.1) is 0 Å². The van der Waals surface area contributed by atoms with Gasteiger partial charge in [0.15, 0.2) is 0 Å². The van der Waals surface area contributed by atoms with Crippen LogP contribution in [0, 0.1) is 0 Å². The molecule has 0 aliphatic carbocycles. The maximum Gasteiger partial charge on any atom is 0.503 e. The number of hydrogen-bond acceptors (Lipinski definition) is 2. The fourth-order valence-electron chi connectivity index (χ4n) is 0. The topological polar surface area (TPSA) is 94.8 Å². The van der Waals surface area contributed by atoms with Crippen molar-refractivity contribution in [2.45, 2.75) is 6.92 Å². The van der Waals surface area contributed by atoms with E-state index in [-0.39, 0.29) is 5.57 Å². The lowest BCUT2D eigenvalue weighted by Gasteiger charge is -1.79. The minimum atomic E-state index is -1.83. The van der Waals surface area contributed by atoms with Crippen LogP contribution in [0.2, 0.25) is 0 Å². The van der Waals surface area contributed by atoms with Crippen LogP contribution in [0.15, 0.2) is 12.2 Å². The third kappa shape index (κ3) is 31.6. The summed E-state index contributed by atoms with van der Waals surface area (Å²) in [5.41, 5.74) is 0.176. The molecule has 0 radical (unpaired) electrons. The molecule has 0 fully saturated rings. The molecule has 0 unspecified atom stereocenters. The first-order valence-corrected chi connectivity index (χ1v) is 2.18. The first-order chi connectivity index (χ1) is 4.37. The van der Waals surface area contributed by atoms with Gasteiger partial charge in [0.1, 0.15) is 0 Å². The van der Waals surface area contributed by atoms with Gasteiger partial charge in [0.25, 0.3) is 0 Å². The van der Waals surface area contributed by atoms with E-state index in [2.05, 4.69) is 6.58 Å². The summed E-state index contributed by atoms with van der Waals surface area (Å²) < 4.78 is 0. The van der Waals surface area contributed by atoms with Gasteiger partial charge in [0, 0.05) is 5.57 Å². The summed E-state index contributed by atoms with van der Waals surface area (Å²) in [4.78, 5) is 18.2. The number of hydrogen-bond donors (Lipinski definition) is 3. The molecular weight excluding hydrogens is 140 g/mol. The molecule has 0 bridgehead atoms. The van der Waals surface area contributed by atoms with Crippen molar-refractivity contribution in [3.63, 3.8) is 0 Å². The number of carboxylic acids is 1. The normalized spacial score (nSPS) is 6.90. The molecular formula is C5H8O5. The predicted octanol–water partition coefficient (Wildman–Crippen LogP) is 0.869. The number of rotatable bonds is 1. The molecule has 5 heteroatoms. The molecule has 0 saturated heterocycles. The average Bonchev–Trinajstić information content (AvgIpc) is 1.63. The van der Waals surface area contributed by atoms with Gasteiger partial charge in [-0.3, -0.25) is 0 Å². The Morgan fingerprint density at radius 2 is 1.30 bits per heavy atom. The van der Waals surface area contributed by atoms with E-state index in [0.717, 1.165) is 0 Å². The van der Waals surface area contributed by atoms with Crippen LogP contribution in [-0.4, -0.2) is 27.4 Å². The Balaban J connectivity index is 0. The predicted molar refractivity (Wildman–Crippen MR) is 33.1 cm³/mol. The maximum absolute atomic E-state index is 9.60. The van der Waals surface area contributed by atoms with Crippen LogP contribution >= 0.6 is 0 Å². The van der Waals surface area contributed by atoms with E-state index in [0.29, 0.717) is 0 Å². The van der Waals surface area contributed by atoms with Gasteiger partial charge in [0.2, 0.25) is 0 Å². The van der Waals surface area contributed by atoms with Crippen molar-refractivity contribution >= 4 is 12.1 Å². The molecule has 5 nitrogen and oxygen atoms in total. The smallest absolute Gasteiger partial charge is 0.478 e. The Morgan fingerprint density at radius 1 is 1.20 bits per heavy atom. The fourth-order valence-corrected chi connectivity index (χ4v) is 0. The van der Waals surface area contributed by atoms with Crippen molar-refractivity contribution in [1.82, 2.24) is 0 Å². The van der Waals surface area contributed by atoms with Gasteiger partial charge in [-0.15, -0.1) is 0 Å². The van der Waals surface area contributed by atoms with Crippen LogP contribution in [0.5, 0.6) is 0 Å². The van der Waals surface area contributed by atoms with Crippen molar-refractivity contribution in [2.75, 3.05) is 0 Å². The van der Waals surface area contributed by atoms with E-state index in [1.54, 1.807) is 0 Å². The third-order valence-electron chi connectivity index (χ3n) is 0.365. The van der Waals surface area contributed by atoms with E-state index in [9.17, 15) is 4.79 Å². The summed E-state index contributed by atoms with van der Waals surface area (Å²) in [5, 5.41) is 21.8. The number of carbonyl (C=O) groups is 2. The van der Waals surface area contributed by atoms with E-state index >= 15 is 0 Å². The molecule has 0 heterocycles. The SMILES string of the molecule is C=C(C)C(=O)O.O=C(O)O. The van der Waals surface area contributed by atoms with Gasteiger partial charge in [-0.25, -0.2) is 9.59 Å². The molecule has 0 spiro atoms. The summed E-state index contributed by atoms with van der Waals surface area (Å²) in [5.74, 6) is -0.935. The van der Waals surface area contributed by atoms with E-state index in [1.807, 2.05) is 0 Å². The van der Waals surface area contributed by atoms with Crippen LogP contribution in [0.1, 0.15) is 6.92 Å². The molecule has 0 aromatic carbocycles. The van der Waals surface area contributed by atoms with E-state index < -0.39 is 12.1 Å². The molecule has 0 aromatic rings. The fraction of sp³-hybridized carbons (Fsp3) is 0.200. The van der Waals surface area contributed by atoms with Crippen LogP contribution < -0.4 is 0 Å². The monoisotopic (exact) mass is 148 g/mol. The first-order valence-electron chi connectivity index (χ1n) is 2.18. The van der Waals surface area contributed by atoms with Crippen molar-refractivity contribution < 1.29 is 24.9 Å². The average molecular weight is 148 g/mol. The Hall–Kier alpha value is -1.52. The van der Waals surface area contributed by atoms with Crippen molar-refractivity contribution in [3.05, 3.63) is 12.2 Å². The second-order valence-corrected chi connectivity index (χ2v) is 1.37. The summed E-state index contributed by atoms with van der Waals surface area (Å²) in [7, 11) is 0. The Morgan fingerprint density at radius 3 is 1.30 bits per heavy atom. The lowest BCUT2D eigenvalue weighted by molar-refractivity contribution is -0.132. The largest absolute Gasteiger partial charge is 0.503 e. The zero-order valence-corrected chi connectivity index (χ0v) is 5.37. The van der Waals surface area contributed by atoms with Crippen LogP contribution in [0.4, 0.5) is 4.79 Å². The maximum atomic E-state index is 9.60. The summed E-state index contributed by atoms with van der Waals surface area (Å²) in [6, 6.07) is 0. The van der Waals surface area contributed by atoms with Crippen LogP contribution in [-0.2, 0) is 4.79 Å². The Kier molecular flexibility index (Phi) is 6.34. The summed E-state index contributed by atoms with van der Waals surface area (Å²) in [6.07, 6.45) is -1.83. The molecule has 0 amide bonds. The Labute approximate surface area is 57.2 Å². The first kappa shape index (κ1) is 11.3. The summed E-state index contributed by atoms with van der Waals surface area (Å²) >= 11 is 0. The number of aliphatic carboxylic acids is 1. The lowest BCUT2D eigenvalue weighted by atomic mass is 10.4. The zero-order chi connectivity index (χ0) is 8.73. The van der Waals surface area contributed by atoms with Crippen LogP contribution in [0.3, 0.4) is 0 Å². The zero-order valence-electron chi connectivity index (χ0n) is 5.37. The molecule has 0 aromatic heterocycles. The van der Waals surface area contributed by atoms with Gasteiger partial charge in [-0.1, -0.05) is 6.58 Å². The highest BCUT2D eigenvalue weighted by molar-refractivity contribution is 5.84. The van der Waals surface area contributed by atoms with E-state index in [4.69, 9.17) is 20.1 Å². The second-order valence-electron chi connectivity index (χ2n) is 1.37. The molecule has 3 N–H and O–H groups in total. The minimum absolute atomic E-state index is 0.176. The lowest BCUT2D eigenvalue weighted by Crippen LogP contribution is -1.92. The quantitative estimate of drug-likeness (QED) is 0.479. The molecule has 0 aliphatic heterocycles. The third-order valence-corrected chi connectivity index (χ3v) is 0.365. The van der Waals surface area contributed by atoms with Crippen molar-refractivity contribution in [2.24, 2.45) is 0 Å². The highest BCUT2D eigenvalue weighted by Gasteiger charge is 1.90. The van der Waals surface area contributed by atoms with E-state index in [1.165, 1.54) is 6.92 Å². The van der Waals surface area contributed by atoms with Gasteiger partial charge < -0.3 is 15.3 Å². The molecule has 0 aliphatic rings. The van der Waals surface area contributed by atoms with Crippen LogP contribution in [0.25, 0.3) is 0 Å². The second kappa shape index (κ2) is 5.61. The van der Waals surface area contributed by atoms with Crippen molar-refractivity contribution in [3.8, 4) is 0 Å². The summed E-state index contributed by atoms with van der Waals surface area (Å²) in [6.45, 7) is 4.60. The molecule has 0 atom stereocenters. The van der Waals surface area contributed by atoms with Gasteiger partial charge in [-0.05, 0) is 6.92 Å². The number of carboxylic acid groups (broad SMARTS) is 3. The molecule has 10 heavy (non-hydrogen) atoms. The Bertz CT molecular complexity index is 132. The molecule has 0 rings (SSSR count).